The third-order valence-corrected chi connectivity index (χ3v) is 4.96. The predicted octanol–water partition coefficient (Wildman–Crippen LogP) is 2.32. The van der Waals surface area contributed by atoms with Gasteiger partial charge in [0.25, 0.3) is 0 Å². The highest BCUT2D eigenvalue weighted by Crippen LogP contribution is 2.27. The predicted molar refractivity (Wildman–Crippen MR) is 110 cm³/mol. The lowest BCUT2D eigenvalue weighted by atomic mass is 10.2. The van der Waals surface area contributed by atoms with Crippen molar-refractivity contribution in [3.05, 3.63) is 64.5 Å². The Balaban J connectivity index is 1.70. The van der Waals surface area contributed by atoms with E-state index in [-0.39, 0.29) is 29.7 Å². The highest BCUT2D eigenvalue weighted by Gasteiger charge is 2.20. The van der Waals surface area contributed by atoms with Crippen molar-refractivity contribution >= 4 is 28.0 Å². The number of nitrogen functional groups attached to an aromatic ring is 1. The maximum Gasteiger partial charge on any atom is 0.327 e. The fraction of sp³-hybridized carbons (Fsp3) is 0.150. The van der Waals surface area contributed by atoms with Gasteiger partial charge in [-0.15, -0.1) is 0 Å². The molecular weight excluding hydrogens is 387 g/mol. The Labute approximate surface area is 169 Å². The third kappa shape index (κ3) is 2.72. The van der Waals surface area contributed by atoms with Gasteiger partial charge in [0.2, 0.25) is 0 Å². The first kappa shape index (κ1) is 18.0. The molecule has 0 bridgehead atoms. The number of benzene rings is 1. The minimum absolute atomic E-state index is 0.177. The van der Waals surface area contributed by atoms with Gasteiger partial charge in [0, 0.05) is 18.3 Å². The van der Waals surface area contributed by atoms with Gasteiger partial charge in [-0.2, -0.15) is 5.10 Å². The molecule has 9 nitrogen and oxygen atoms in total. The van der Waals surface area contributed by atoms with Crippen LogP contribution >= 0.6 is 0 Å². The van der Waals surface area contributed by atoms with E-state index in [4.69, 9.17) is 5.73 Å². The Morgan fingerprint density at radius 1 is 1.17 bits per heavy atom. The van der Waals surface area contributed by atoms with Crippen molar-refractivity contribution in [1.29, 1.82) is 0 Å². The topological polar surface area (TPSA) is 120 Å². The maximum atomic E-state index is 14.2. The molecule has 4 heterocycles. The first-order valence-corrected chi connectivity index (χ1v) is 9.38. The van der Waals surface area contributed by atoms with Crippen molar-refractivity contribution in [1.82, 2.24) is 34.3 Å². The van der Waals surface area contributed by atoms with E-state index in [1.165, 1.54) is 10.6 Å². The molecule has 0 aliphatic carbocycles. The average Bonchev–Trinajstić information content (AvgIpc) is 3.27. The quantitative estimate of drug-likeness (QED) is 0.474. The van der Waals surface area contributed by atoms with Crippen molar-refractivity contribution in [2.24, 2.45) is 0 Å². The van der Waals surface area contributed by atoms with Gasteiger partial charge in [0.15, 0.2) is 22.9 Å². The van der Waals surface area contributed by atoms with E-state index < -0.39 is 0 Å². The summed E-state index contributed by atoms with van der Waals surface area (Å²) in [5.74, 6) is 0.115. The number of pyridine rings is 1. The van der Waals surface area contributed by atoms with Crippen LogP contribution in [0.2, 0.25) is 0 Å². The molecule has 0 aliphatic rings. The maximum absolute atomic E-state index is 14.2. The van der Waals surface area contributed by atoms with E-state index in [0.29, 0.717) is 40.0 Å². The zero-order chi connectivity index (χ0) is 20.8. The monoisotopic (exact) mass is 404 g/mol. The SMILES string of the molecule is CCn1c(=O)[nH]c2nc(-c3nn(Cc4ccccc4F)c4ncccc34)nc(N)c21. The molecule has 0 amide bonds. The highest BCUT2D eigenvalue weighted by atomic mass is 19.1. The van der Waals surface area contributed by atoms with E-state index in [2.05, 4.69) is 25.0 Å². The number of hydrogen-bond donors (Lipinski definition) is 2. The molecule has 0 saturated carbocycles. The molecular formula is C20H17FN8O. The van der Waals surface area contributed by atoms with Gasteiger partial charge in [-0.05, 0) is 25.1 Å². The molecule has 0 aliphatic heterocycles. The lowest BCUT2D eigenvalue weighted by Crippen LogP contribution is -2.15. The van der Waals surface area contributed by atoms with Gasteiger partial charge in [-0.25, -0.2) is 28.8 Å². The van der Waals surface area contributed by atoms with Crippen molar-refractivity contribution in [3.8, 4) is 11.5 Å². The zero-order valence-corrected chi connectivity index (χ0v) is 16.0. The number of H-pyrrole nitrogens is 1. The zero-order valence-electron chi connectivity index (χ0n) is 16.0. The number of aryl methyl sites for hydroxylation is 1. The van der Waals surface area contributed by atoms with Crippen LogP contribution in [-0.2, 0) is 13.1 Å². The lowest BCUT2D eigenvalue weighted by Gasteiger charge is -2.04. The number of aromatic amines is 1. The minimum Gasteiger partial charge on any atom is -0.382 e. The number of nitrogens with one attached hydrogen (secondary N) is 1. The number of imidazole rings is 1. The normalized spacial score (nSPS) is 11.5. The second kappa shape index (κ2) is 6.76. The summed E-state index contributed by atoms with van der Waals surface area (Å²) in [4.78, 5) is 28.1. The van der Waals surface area contributed by atoms with Gasteiger partial charge < -0.3 is 5.73 Å². The van der Waals surface area contributed by atoms with Crippen molar-refractivity contribution in [2.75, 3.05) is 5.73 Å². The lowest BCUT2D eigenvalue weighted by molar-refractivity contribution is 0.589. The molecule has 0 radical (unpaired) electrons. The number of nitrogens with zero attached hydrogens (tertiary/aromatic N) is 6. The molecule has 150 valence electrons. The van der Waals surface area contributed by atoms with Gasteiger partial charge in [0.1, 0.15) is 17.0 Å². The van der Waals surface area contributed by atoms with E-state index in [9.17, 15) is 9.18 Å². The summed E-state index contributed by atoms with van der Waals surface area (Å²) in [5, 5.41) is 5.30. The van der Waals surface area contributed by atoms with E-state index in [0.717, 1.165) is 0 Å². The van der Waals surface area contributed by atoms with Crippen LogP contribution in [0.15, 0.2) is 47.4 Å². The summed E-state index contributed by atoms with van der Waals surface area (Å²) in [6.07, 6.45) is 1.64. The van der Waals surface area contributed by atoms with Gasteiger partial charge in [0.05, 0.1) is 11.9 Å². The summed E-state index contributed by atoms with van der Waals surface area (Å²) < 4.78 is 17.2. The van der Waals surface area contributed by atoms with E-state index >= 15 is 0 Å². The molecule has 30 heavy (non-hydrogen) atoms. The number of rotatable bonds is 4. The first-order valence-electron chi connectivity index (χ1n) is 9.38. The molecule has 10 heteroatoms. The standard InChI is InChI=1S/C20H17FN8O/c1-2-28-15-16(22)24-17(25-18(15)26-20(28)30)14-12-7-5-9-23-19(12)29(27-14)10-11-6-3-4-8-13(11)21/h3-9H,2,10H2,1H3,(H3,22,24,25,26,30). The summed E-state index contributed by atoms with van der Waals surface area (Å²) in [5.41, 5.74) is 8.14. The number of hydrogen-bond acceptors (Lipinski definition) is 6. The van der Waals surface area contributed by atoms with Crippen LogP contribution in [-0.4, -0.2) is 34.3 Å². The smallest absolute Gasteiger partial charge is 0.327 e. The van der Waals surface area contributed by atoms with Crippen LogP contribution in [0.4, 0.5) is 10.2 Å². The van der Waals surface area contributed by atoms with Crippen molar-refractivity contribution in [2.45, 2.75) is 20.0 Å². The number of nitrogens with two attached hydrogens (primary N) is 1. The van der Waals surface area contributed by atoms with Crippen molar-refractivity contribution in [3.63, 3.8) is 0 Å². The average molecular weight is 404 g/mol. The minimum atomic E-state index is -0.320. The molecule has 0 fully saturated rings. The molecule has 3 N–H and O–H groups in total. The number of fused-ring (bicyclic) bond motifs is 2. The summed E-state index contributed by atoms with van der Waals surface area (Å²) in [6.45, 7) is 2.47. The largest absolute Gasteiger partial charge is 0.382 e. The van der Waals surface area contributed by atoms with Gasteiger partial charge in [-0.3, -0.25) is 9.55 Å². The Bertz CT molecular complexity index is 1470. The van der Waals surface area contributed by atoms with Crippen LogP contribution in [0.25, 0.3) is 33.7 Å². The Hall–Kier alpha value is -4.08. The number of anilines is 1. The molecule has 5 aromatic rings. The number of aromatic nitrogens is 7. The molecule has 4 aromatic heterocycles. The molecule has 0 unspecified atom stereocenters. The fourth-order valence-electron chi connectivity index (χ4n) is 3.58. The van der Waals surface area contributed by atoms with E-state index in [1.807, 2.05) is 13.0 Å². The summed E-state index contributed by atoms with van der Waals surface area (Å²) in [7, 11) is 0. The fourth-order valence-corrected chi connectivity index (χ4v) is 3.58. The van der Waals surface area contributed by atoms with E-state index in [1.54, 1.807) is 35.1 Å². The Morgan fingerprint density at radius 3 is 2.80 bits per heavy atom. The third-order valence-electron chi connectivity index (χ3n) is 4.96. The second-order valence-electron chi connectivity index (χ2n) is 6.78. The van der Waals surface area contributed by atoms with Gasteiger partial charge in [-0.1, -0.05) is 18.2 Å². The highest BCUT2D eigenvalue weighted by molar-refractivity contribution is 5.91. The summed E-state index contributed by atoms with van der Waals surface area (Å²) in [6, 6.07) is 10.1. The molecule has 0 spiro atoms. The van der Waals surface area contributed by atoms with Crippen LogP contribution in [0, 0.1) is 5.82 Å². The number of halogens is 1. The van der Waals surface area contributed by atoms with Crippen LogP contribution in [0.3, 0.4) is 0 Å². The molecule has 0 saturated heterocycles. The molecule has 0 atom stereocenters. The van der Waals surface area contributed by atoms with Crippen molar-refractivity contribution < 1.29 is 4.39 Å². The Kier molecular flexibility index (Phi) is 4.05. The van der Waals surface area contributed by atoms with Crippen LogP contribution in [0.1, 0.15) is 12.5 Å². The Morgan fingerprint density at radius 2 is 2.00 bits per heavy atom. The molecule has 5 rings (SSSR count). The van der Waals surface area contributed by atoms with Crippen LogP contribution < -0.4 is 11.4 Å². The first-order chi connectivity index (χ1) is 14.6. The summed E-state index contributed by atoms with van der Waals surface area (Å²) >= 11 is 0. The second-order valence-corrected chi connectivity index (χ2v) is 6.78. The molecule has 1 aromatic carbocycles. The van der Waals surface area contributed by atoms with Gasteiger partial charge >= 0.3 is 5.69 Å². The van der Waals surface area contributed by atoms with Crippen LogP contribution in [0.5, 0.6) is 0 Å².